The first kappa shape index (κ1) is 29.3. The minimum Gasteiger partial charge on any atom is -0.379 e. The van der Waals surface area contributed by atoms with Crippen LogP contribution in [0.15, 0.2) is 89.8 Å². The zero-order valence-corrected chi connectivity index (χ0v) is 23.6. The smallest absolute Gasteiger partial charge is 0.339 e. The fraction of sp³-hybridized carbons (Fsp3) is 0.200. The highest BCUT2D eigenvalue weighted by molar-refractivity contribution is 7.87. The van der Waals surface area contributed by atoms with Gasteiger partial charge in [-0.15, -0.1) is 0 Å². The van der Waals surface area contributed by atoms with E-state index in [4.69, 9.17) is 4.18 Å². The molecule has 3 aromatic carbocycles. The number of ketones is 1. The Morgan fingerprint density at radius 3 is 1.95 bits per heavy atom. The predicted molar refractivity (Wildman–Crippen MR) is 151 cm³/mol. The first-order chi connectivity index (χ1) is 20.5. The third-order valence-electron chi connectivity index (χ3n) is 7.27. The van der Waals surface area contributed by atoms with Crippen molar-refractivity contribution in [3.8, 4) is 5.75 Å². The monoisotopic (exact) mass is 603 g/mol. The normalized spacial score (nSPS) is 17.8. The summed E-state index contributed by atoms with van der Waals surface area (Å²) in [7, 11) is -4.13. The van der Waals surface area contributed by atoms with E-state index in [0.717, 1.165) is 22.7 Å². The lowest BCUT2D eigenvalue weighted by atomic mass is 9.85. The Kier molecular flexibility index (Phi) is 7.91. The highest BCUT2D eigenvalue weighted by Crippen LogP contribution is 2.36. The van der Waals surface area contributed by atoms with E-state index in [0.29, 0.717) is 17.9 Å². The van der Waals surface area contributed by atoms with E-state index < -0.39 is 56.9 Å². The number of imide groups is 1. The summed E-state index contributed by atoms with van der Waals surface area (Å²) in [5.41, 5.74) is 0.587. The molecule has 0 N–H and O–H groups in total. The molecule has 0 saturated carbocycles. The molecule has 0 aromatic heterocycles. The van der Waals surface area contributed by atoms with Gasteiger partial charge in [-0.25, -0.2) is 5.01 Å². The maximum atomic E-state index is 13.6. The SMILES string of the molecule is Cc1ccc(S(=O)(=O)Oc2ccc(C(=O)CN(C(=O)c3ccc([N+](=O)[O-])cc3)N3C(=O)[C@H]4CC=CC[C@H]4C3=O)cc2)cc1. The first-order valence-corrected chi connectivity index (χ1v) is 14.6. The van der Waals surface area contributed by atoms with E-state index in [1.54, 1.807) is 24.3 Å². The largest absolute Gasteiger partial charge is 0.379 e. The number of non-ortho nitro benzene ring substituents is 1. The van der Waals surface area contributed by atoms with E-state index in [9.17, 15) is 37.7 Å². The van der Waals surface area contributed by atoms with Gasteiger partial charge in [0.15, 0.2) is 5.78 Å². The van der Waals surface area contributed by atoms with Crippen LogP contribution in [0.25, 0.3) is 0 Å². The molecule has 2 aliphatic rings. The number of fused-ring (bicyclic) bond motifs is 1. The number of nitro benzene ring substituents is 1. The van der Waals surface area contributed by atoms with Gasteiger partial charge in [0.25, 0.3) is 23.4 Å². The molecule has 0 spiro atoms. The summed E-state index contributed by atoms with van der Waals surface area (Å²) in [6.45, 7) is 1.11. The van der Waals surface area contributed by atoms with Crippen molar-refractivity contribution in [3.05, 3.63) is 112 Å². The number of carbonyl (C=O) groups is 4. The number of hydrogen-bond acceptors (Lipinski definition) is 9. The summed E-state index contributed by atoms with van der Waals surface area (Å²) in [6.07, 6.45) is 4.19. The average Bonchev–Trinajstić information content (AvgIpc) is 3.25. The average molecular weight is 604 g/mol. The van der Waals surface area contributed by atoms with Crippen molar-refractivity contribution >= 4 is 39.3 Å². The molecule has 1 aliphatic carbocycles. The number of hydrazine groups is 1. The number of Topliss-reactive ketones (excluding diaryl/α,β-unsaturated/α-hetero) is 1. The number of benzene rings is 3. The van der Waals surface area contributed by atoms with Crippen molar-refractivity contribution in [1.82, 2.24) is 10.0 Å². The number of nitrogens with zero attached hydrogens (tertiary/aromatic N) is 3. The van der Waals surface area contributed by atoms with Gasteiger partial charge in [-0.1, -0.05) is 29.8 Å². The third-order valence-corrected chi connectivity index (χ3v) is 8.53. The van der Waals surface area contributed by atoms with Crippen LogP contribution in [0.4, 0.5) is 5.69 Å². The van der Waals surface area contributed by atoms with Crippen LogP contribution in [0.1, 0.15) is 39.1 Å². The van der Waals surface area contributed by atoms with Gasteiger partial charge in [0.05, 0.1) is 16.8 Å². The van der Waals surface area contributed by atoms with Gasteiger partial charge < -0.3 is 4.18 Å². The third kappa shape index (κ3) is 5.93. The maximum absolute atomic E-state index is 13.6. The van der Waals surface area contributed by atoms with Crippen molar-refractivity contribution in [2.75, 3.05) is 6.54 Å². The molecule has 2 atom stereocenters. The summed E-state index contributed by atoms with van der Waals surface area (Å²) in [5.74, 6) is -4.17. The number of aryl methyl sites for hydroxylation is 1. The van der Waals surface area contributed by atoms with Crippen LogP contribution in [0.3, 0.4) is 0 Å². The van der Waals surface area contributed by atoms with Crippen LogP contribution in [0, 0.1) is 28.9 Å². The molecule has 3 aromatic rings. The fourth-order valence-electron chi connectivity index (χ4n) is 4.93. The minimum atomic E-state index is -4.13. The van der Waals surface area contributed by atoms with Gasteiger partial charge in [-0.05, 0) is 68.3 Å². The molecule has 0 radical (unpaired) electrons. The first-order valence-electron chi connectivity index (χ1n) is 13.2. The second-order valence-electron chi connectivity index (χ2n) is 10.1. The zero-order valence-electron chi connectivity index (χ0n) is 22.8. The number of amides is 3. The Morgan fingerprint density at radius 2 is 1.42 bits per heavy atom. The Morgan fingerprint density at radius 1 is 0.884 bits per heavy atom. The van der Waals surface area contributed by atoms with E-state index in [-0.39, 0.29) is 27.5 Å². The fourth-order valence-corrected chi connectivity index (χ4v) is 5.86. The van der Waals surface area contributed by atoms with Crippen LogP contribution >= 0.6 is 0 Å². The highest BCUT2D eigenvalue weighted by atomic mass is 32.2. The van der Waals surface area contributed by atoms with Gasteiger partial charge in [-0.3, -0.25) is 29.3 Å². The molecular weight excluding hydrogens is 578 g/mol. The standard InChI is InChI=1S/C30H25N3O9S/c1-19-6-16-24(17-7-19)43(40,41)42-23-14-10-20(11-15-23)27(34)18-31(28(35)21-8-12-22(13-9-21)33(38)39)32-29(36)25-4-2-3-5-26(25)30(32)37/h2-3,6-17,25-26H,4-5,18H2,1H3/t25-,26+. The molecule has 1 fully saturated rings. The van der Waals surface area contributed by atoms with Crippen LogP contribution in [-0.2, 0) is 19.7 Å². The van der Waals surface area contributed by atoms with Gasteiger partial charge in [-0.2, -0.15) is 13.4 Å². The molecule has 1 saturated heterocycles. The molecule has 13 heteroatoms. The molecular formula is C30H25N3O9S. The predicted octanol–water partition coefficient (Wildman–Crippen LogP) is 3.86. The van der Waals surface area contributed by atoms with Gasteiger partial charge in [0, 0.05) is 23.3 Å². The molecule has 12 nitrogen and oxygen atoms in total. The number of carbonyl (C=O) groups excluding carboxylic acids is 4. The van der Waals surface area contributed by atoms with E-state index in [1.165, 1.54) is 48.5 Å². The minimum absolute atomic E-state index is 0.0469. The van der Waals surface area contributed by atoms with E-state index >= 15 is 0 Å². The van der Waals surface area contributed by atoms with Crippen molar-refractivity contribution in [1.29, 1.82) is 0 Å². The number of nitro groups is 1. The number of allylic oxidation sites excluding steroid dienone is 2. The summed E-state index contributed by atoms with van der Waals surface area (Å²) >= 11 is 0. The van der Waals surface area contributed by atoms with Gasteiger partial charge in [0.1, 0.15) is 17.2 Å². The highest BCUT2D eigenvalue weighted by Gasteiger charge is 2.51. The van der Waals surface area contributed by atoms with E-state index in [2.05, 4.69) is 0 Å². The van der Waals surface area contributed by atoms with Crippen molar-refractivity contribution in [3.63, 3.8) is 0 Å². The summed E-state index contributed by atoms with van der Waals surface area (Å²) < 4.78 is 30.4. The Balaban J connectivity index is 1.39. The van der Waals surface area contributed by atoms with Gasteiger partial charge in [0.2, 0.25) is 0 Å². The van der Waals surface area contributed by atoms with Crippen molar-refractivity contribution < 1.29 is 36.7 Å². The molecule has 43 heavy (non-hydrogen) atoms. The quantitative estimate of drug-likeness (QED) is 0.0883. The molecule has 0 bridgehead atoms. The van der Waals surface area contributed by atoms with Crippen LogP contribution in [0.5, 0.6) is 5.75 Å². The Labute approximate surface area is 246 Å². The van der Waals surface area contributed by atoms with Crippen molar-refractivity contribution in [2.45, 2.75) is 24.7 Å². The summed E-state index contributed by atoms with van der Waals surface area (Å²) in [6, 6.07) is 15.8. The molecule has 1 heterocycles. The molecule has 5 rings (SSSR count). The molecule has 0 unspecified atom stereocenters. The lowest BCUT2D eigenvalue weighted by Gasteiger charge is -2.30. The number of rotatable bonds is 9. The second-order valence-corrected chi connectivity index (χ2v) is 11.7. The maximum Gasteiger partial charge on any atom is 0.339 e. The molecule has 1 aliphatic heterocycles. The lowest BCUT2D eigenvalue weighted by Crippen LogP contribution is -2.52. The van der Waals surface area contributed by atoms with Crippen molar-refractivity contribution in [2.24, 2.45) is 11.8 Å². The Bertz CT molecular complexity index is 1720. The summed E-state index contributed by atoms with van der Waals surface area (Å²) in [5, 5.41) is 12.5. The molecule has 3 amide bonds. The van der Waals surface area contributed by atoms with E-state index in [1.807, 2.05) is 6.92 Å². The summed E-state index contributed by atoms with van der Waals surface area (Å²) in [4.78, 5) is 64.0. The Hall–Kier alpha value is -5.17. The molecule has 220 valence electrons. The van der Waals surface area contributed by atoms with Crippen LogP contribution in [-0.4, -0.2) is 53.4 Å². The topological polar surface area (TPSA) is 161 Å². The number of hydrogen-bond donors (Lipinski definition) is 0. The van der Waals surface area contributed by atoms with Crippen LogP contribution in [0.2, 0.25) is 0 Å². The second kappa shape index (κ2) is 11.6. The van der Waals surface area contributed by atoms with Gasteiger partial charge >= 0.3 is 10.1 Å². The van der Waals surface area contributed by atoms with Crippen LogP contribution < -0.4 is 4.18 Å². The zero-order chi connectivity index (χ0) is 30.9. The lowest BCUT2D eigenvalue weighted by molar-refractivity contribution is -0.384.